The molecule has 0 bridgehead atoms. The van der Waals surface area contributed by atoms with Crippen molar-refractivity contribution in [1.82, 2.24) is 20.2 Å². The molecule has 0 aromatic carbocycles. The third-order valence-electron chi connectivity index (χ3n) is 4.11. The highest BCUT2D eigenvalue weighted by atomic mass is 16.2. The molecular formula is C13H21N7O. The van der Waals surface area contributed by atoms with Crippen LogP contribution in [0.1, 0.15) is 25.3 Å². The third-order valence-corrected chi connectivity index (χ3v) is 4.11. The minimum absolute atomic E-state index is 0.0377. The Labute approximate surface area is 123 Å². The number of fused-ring (bicyclic) bond motifs is 1. The van der Waals surface area contributed by atoms with Crippen LogP contribution in [0.3, 0.4) is 0 Å². The lowest BCUT2D eigenvalue weighted by Gasteiger charge is -2.38. The summed E-state index contributed by atoms with van der Waals surface area (Å²) >= 11 is 0. The summed E-state index contributed by atoms with van der Waals surface area (Å²) < 4.78 is 0. The Morgan fingerprint density at radius 2 is 2.24 bits per heavy atom. The molecule has 0 saturated carbocycles. The molecule has 8 heteroatoms. The first kappa shape index (κ1) is 13.9. The number of rotatable bonds is 3. The van der Waals surface area contributed by atoms with E-state index in [2.05, 4.69) is 39.5 Å². The lowest BCUT2D eigenvalue weighted by atomic mass is 10.0. The molecule has 8 nitrogen and oxygen atoms in total. The number of hydrogen-bond donors (Lipinski definition) is 3. The molecule has 4 N–H and O–H groups in total. The number of anilines is 2. The van der Waals surface area contributed by atoms with Crippen LogP contribution in [-0.4, -0.2) is 53.1 Å². The van der Waals surface area contributed by atoms with Gasteiger partial charge in [0.1, 0.15) is 18.0 Å². The van der Waals surface area contributed by atoms with E-state index in [-0.39, 0.29) is 18.0 Å². The molecule has 3 rings (SSSR count). The number of aromatic nitrogens is 2. The van der Waals surface area contributed by atoms with Crippen molar-refractivity contribution in [2.45, 2.75) is 25.8 Å². The summed E-state index contributed by atoms with van der Waals surface area (Å²) in [4.78, 5) is 24.5. The fourth-order valence-electron chi connectivity index (χ4n) is 3.08. The zero-order valence-electron chi connectivity index (χ0n) is 12.3. The second-order valence-electron chi connectivity index (χ2n) is 5.74. The molecule has 2 saturated heterocycles. The number of piperazine rings is 1. The average molecular weight is 291 g/mol. The van der Waals surface area contributed by atoms with E-state index in [4.69, 9.17) is 5.84 Å². The molecule has 0 radical (unpaired) electrons. The number of carbonyl (C=O) groups excluding carboxylic acids is 1. The molecule has 2 amide bonds. The van der Waals surface area contributed by atoms with E-state index in [1.165, 1.54) is 6.33 Å². The fraction of sp³-hybridized carbons (Fsp3) is 0.615. The first-order valence-corrected chi connectivity index (χ1v) is 7.22. The highest BCUT2D eigenvalue weighted by Gasteiger charge is 2.36. The number of nitrogens with two attached hydrogens (primary N) is 1. The zero-order chi connectivity index (χ0) is 15.0. The number of nitrogens with one attached hydrogen (secondary N) is 2. The zero-order valence-corrected chi connectivity index (χ0v) is 12.3. The summed E-state index contributed by atoms with van der Waals surface area (Å²) in [6.07, 6.45) is 1.53. The van der Waals surface area contributed by atoms with E-state index in [1.807, 2.05) is 4.90 Å². The SMILES string of the molecule is CC(C)c1c(NN)ncnc1N1CCN2C(=O)NCC2C1. The Morgan fingerprint density at radius 1 is 1.43 bits per heavy atom. The number of carbonyl (C=O) groups is 1. The minimum Gasteiger partial charge on any atom is -0.352 e. The second kappa shape index (κ2) is 5.36. The average Bonchev–Trinajstić information content (AvgIpc) is 2.87. The van der Waals surface area contributed by atoms with Gasteiger partial charge in [-0.2, -0.15) is 0 Å². The van der Waals surface area contributed by atoms with Gasteiger partial charge in [-0.3, -0.25) is 0 Å². The molecule has 114 valence electrons. The fourth-order valence-corrected chi connectivity index (χ4v) is 3.08. The molecule has 21 heavy (non-hydrogen) atoms. The predicted molar refractivity (Wildman–Crippen MR) is 80.0 cm³/mol. The number of urea groups is 1. The summed E-state index contributed by atoms with van der Waals surface area (Å²) in [6.45, 7) is 7.15. The van der Waals surface area contributed by atoms with Crippen molar-refractivity contribution in [1.29, 1.82) is 0 Å². The maximum atomic E-state index is 11.7. The van der Waals surface area contributed by atoms with E-state index in [1.54, 1.807) is 0 Å². The van der Waals surface area contributed by atoms with Gasteiger partial charge in [0.25, 0.3) is 0 Å². The number of nitrogen functional groups attached to an aromatic ring is 1. The van der Waals surface area contributed by atoms with Gasteiger partial charge in [0, 0.05) is 31.7 Å². The van der Waals surface area contributed by atoms with Crippen molar-refractivity contribution in [3.8, 4) is 0 Å². The van der Waals surface area contributed by atoms with Crippen molar-refractivity contribution in [2.75, 3.05) is 36.5 Å². The molecule has 2 aliphatic heterocycles. The van der Waals surface area contributed by atoms with Gasteiger partial charge in [0.2, 0.25) is 0 Å². The Bertz CT molecular complexity index is 547. The maximum Gasteiger partial charge on any atom is 0.317 e. The largest absolute Gasteiger partial charge is 0.352 e. The summed E-state index contributed by atoms with van der Waals surface area (Å²) in [6, 6.07) is 0.242. The van der Waals surface area contributed by atoms with Gasteiger partial charge >= 0.3 is 6.03 Å². The summed E-state index contributed by atoms with van der Waals surface area (Å²) in [5, 5.41) is 2.89. The van der Waals surface area contributed by atoms with Crippen molar-refractivity contribution >= 4 is 17.7 Å². The first-order chi connectivity index (χ1) is 10.1. The lowest BCUT2D eigenvalue weighted by Crippen LogP contribution is -2.52. The molecular weight excluding hydrogens is 270 g/mol. The lowest BCUT2D eigenvalue weighted by molar-refractivity contribution is 0.197. The second-order valence-corrected chi connectivity index (χ2v) is 5.74. The van der Waals surface area contributed by atoms with Gasteiger partial charge in [-0.15, -0.1) is 0 Å². The number of amides is 2. The molecule has 0 aliphatic carbocycles. The van der Waals surface area contributed by atoms with E-state index in [0.717, 1.165) is 24.5 Å². The van der Waals surface area contributed by atoms with Crippen LogP contribution in [0.25, 0.3) is 0 Å². The van der Waals surface area contributed by atoms with E-state index in [0.29, 0.717) is 18.9 Å². The molecule has 2 fully saturated rings. The number of nitrogens with zero attached hydrogens (tertiary/aromatic N) is 4. The summed E-state index contributed by atoms with van der Waals surface area (Å²) in [5.74, 6) is 7.40. The van der Waals surface area contributed by atoms with Gasteiger partial charge in [-0.1, -0.05) is 13.8 Å². The monoisotopic (exact) mass is 291 g/mol. The quantitative estimate of drug-likeness (QED) is 0.539. The molecule has 1 unspecified atom stereocenters. The smallest absolute Gasteiger partial charge is 0.317 e. The van der Waals surface area contributed by atoms with Crippen LogP contribution in [0.15, 0.2) is 6.33 Å². The highest BCUT2D eigenvalue weighted by Crippen LogP contribution is 2.31. The minimum atomic E-state index is 0.0377. The normalized spacial score (nSPS) is 21.5. The summed E-state index contributed by atoms with van der Waals surface area (Å²) in [5.41, 5.74) is 3.67. The van der Waals surface area contributed by atoms with Crippen LogP contribution in [0.4, 0.5) is 16.4 Å². The van der Waals surface area contributed by atoms with Crippen molar-refractivity contribution in [2.24, 2.45) is 5.84 Å². The first-order valence-electron chi connectivity index (χ1n) is 7.22. The van der Waals surface area contributed by atoms with Crippen LogP contribution in [0, 0.1) is 0 Å². The van der Waals surface area contributed by atoms with Gasteiger partial charge in [0.15, 0.2) is 0 Å². The molecule has 0 spiro atoms. The van der Waals surface area contributed by atoms with E-state index in [9.17, 15) is 4.79 Å². The standard InChI is InChI=1S/C13H21N7O/c1-8(2)10-11(18-14)16-7-17-12(10)19-3-4-20-9(6-19)5-15-13(20)21/h7-9H,3-6,14H2,1-2H3,(H,15,21)(H,16,17,18). The Morgan fingerprint density at radius 3 is 2.95 bits per heavy atom. The predicted octanol–water partition coefficient (Wildman–Crippen LogP) is 0.0994. The Balaban J connectivity index is 1.89. The number of hydrazine groups is 1. The molecule has 2 aliphatic rings. The van der Waals surface area contributed by atoms with Gasteiger partial charge in [-0.25, -0.2) is 20.6 Å². The van der Waals surface area contributed by atoms with Crippen LogP contribution in [0.2, 0.25) is 0 Å². The third kappa shape index (κ3) is 2.35. The molecule has 1 aromatic rings. The van der Waals surface area contributed by atoms with E-state index < -0.39 is 0 Å². The van der Waals surface area contributed by atoms with Crippen molar-refractivity contribution in [3.05, 3.63) is 11.9 Å². The topological polar surface area (TPSA) is 99.4 Å². The Hall–Kier alpha value is -2.09. The van der Waals surface area contributed by atoms with Gasteiger partial charge in [0.05, 0.1) is 6.04 Å². The molecule has 1 atom stereocenters. The summed E-state index contributed by atoms with van der Waals surface area (Å²) in [7, 11) is 0. The molecule has 1 aromatic heterocycles. The van der Waals surface area contributed by atoms with Gasteiger partial charge < -0.3 is 20.5 Å². The van der Waals surface area contributed by atoms with Gasteiger partial charge in [-0.05, 0) is 5.92 Å². The highest BCUT2D eigenvalue weighted by molar-refractivity contribution is 5.77. The van der Waals surface area contributed by atoms with Crippen LogP contribution in [0.5, 0.6) is 0 Å². The van der Waals surface area contributed by atoms with Crippen LogP contribution < -0.4 is 21.5 Å². The Kier molecular flexibility index (Phi) is 3.54. The van der Waals surface area contributed by atoms with E-state index >= 15 is 0 Å². The maximum absolute atomic E-state index is 11.7. The van der Waals surface area contributed by atoms with Crippen molar-refractivity contribution < 1.29 is 4.79 Å². The number of hydrogen-bond acceptors (Lipinski definition) is 6. The van der Waals surface area contributed by atoms with Crippen LogP contribution in [-0.2, 0) is 0 Å². The molecule has 3 heterocycles. The van der Waals surface area contributed by atoms with Crippen molar-refractivity contribution in [3.63, 3.8) is 0 Å². The van der Waals surface area contributed by atoms with Crippen LogP contribution >= 0.6 is 0 Å².